The number of primary amides is 1. The molecule has 0 bridgehead atoms. The molecule has 0 aliphatic carbocycles. The molecule has 1 amide bonds. The molecule has 128 valence electrons. The van der Waals surface area contributed by atoms with E-state index in [1.54, 1.807) is 12.4 Å². The topological polar surface area (TPSA) is 64.2 Å². The van der Waals surface area contributed by atoms with Crippen LogP contribution in [0.3, 0.4) is 0 Å². The number of fused-ring (bicyclic) bond motifs is 1. The zero-order chi connectivity index (χ0) is 17.2. The van der Waals surface area contributed by atoms with Gasteiger partial charge in [0.2, 0.25) is 0 Å². The molecule has 1 aromatic heterocycles. The standard InChI is InChI=1S/C20H22N4O/c21-20(25)16-8-6-10-18-19(16)22-14-24(18)17-9-3-2-7-15(17)13-23-11-4-1-5-12-23/h2-3,6-10,14H,1,4-5,11-13H2,(H2,21,25). The van der Waals surface area contributed by atoms with Gasteiger partial charge in [-0.1, -0.05) is 30.7 Å². The van der Waals surface area contributed by atoms with E-state index in [-0.39, 0.29) is 0 Å². The largest absolute Gasteiger partial charge is 0.366 e. The van der Waals surface area contributed by atoms with Gasteiger partial charge in [-0.2, -0.15) is 0 Å². The van der Waals surface area contributed by atoms with Crippen molar-refractivity contribution < 1.29 is 4.79 Å². The summed E-state index contributed by atoms with van der Waals surface area (Å²) in [5.41, 5.74) is 9.89. The van der Waals surface area contributed by atoms with E-state index < -0.39 is 5.91 Å². The van der Waals surface area contributed by atoms with Crippen LogP contribution in [-0.4, -0.2) is 33.4 Å². The first kappa shape index (κ1) is 15.8. The Morgan fingerprint density at radius 1 is 1.04 bits per heavy atom. The molecule has 3 aromatic rings. The molecule has 0 unspecified atom stereocenters. The highest BCUT2D eigenvalue weighted by Crippen LogP contribution is 2.25. The molecule has 2 N–H and O–H groups in total. The number of amides is 1. The molecular weight excluding hydrogens is 312 g/mol. The first-order valence-corrected chi connectivity index (χ1v) is 8.80. The zero-order valence-electron chi connectivity index (χ0n) is 14.2. The minimum atomic E-state index is -0.447. The third kappa shape index (κ3) is 3.03. The van der Waals surface area contributed by atoms with Crippen LogP contribution in [0, 0.1) is 0 Å². The summed E-state index contributed by atoms with van der Waals surface area (Å²) < 4.78 is 2.06. The van der Waals surface area contributed by atoms with Gasteiger partial charge in [0.1, 0.15) is 11.8 Å². The number of nitrogens with two attached hydrogens (primary N) is 1. The summed E-state index contributed by atoms with van der Waals surface area (Å²) in [5.74, 6) is -0.447. The van der Waals surface area contributed by atoms with E-state index in [2.05, 4.69) is 32.7 Å². The van der Waals surface area contributed by atoms with Gasteiger partial charge >= 0.3 is 0 Å². The molecule has 2 heterocycles. The van der Waals surface area contributed by atoms with Crippen molar-refractivity contribution in [3.63, 3.8) is 0 Å². The van der Waals surface area contributed by atoms with Crippen molar-refractivity contribution in [2.75, 3.05) is 13.1 Å². The van der Waals surface area contributed by atoms with E-state index in [0.717, 1.165) is 30.8 Å². The average molecular weight is 334 g/mol. The van der Waals surface area contributed by atoms with Crippen LogP contribution in [0.5, 0.6) is 0 Å². The highest BCUT2D eigenvalue weighted by molar-refractivity contribution is 6.04. The Hall–Kier alpha value is -2.66. The normalized spacial score (nSPS) is 15.5. The fourth-order valence-corrected chi connectivity index (χ4v) is 3.67. The van der Waals surface area contributed by atoms with Gasteiger partial charge < -0.3 is 5.73 Å². The third-order valence-electron chi connectivity index (χ3n) is 4.94. The van der Waals surface area contributed by atoms with E-state index in [9.17, 15) is 4.79 Å². The van der Waals surface area contributed by atoms with Crippen LogP contribution in [0.2, 0.25) is 0 Å². The van der Waals surface area contributed by atoms with Crippen molar-refractivity contribution in [3.05, 3.63) is 59.9 Å². The summed E-state index contributed by atoms with van der Waals surface area (Å²) in [6, 6.07) is 14.0. The summed E-state index contributed by atoms with van der Waals surface area (Å²) in [7, 11) is 0. The van der Waals surface area contributed by atoms with Crippen LogP contribution in [0.25, 0.3) is 16.7 Å². The first-order valence-electron chi connectivity index (χ1n) is 8.80. The average Bonchev–Trinajstić information content (AvgIpc) is 3.07. The predicted octanol–water partition coefficient (Wildman–Crippen LogP) is 3.11. The van der Waals surface area contributed by atoms with Crippen molar-refractivity contribution in [2.24, 2.45) is 5.73 Å². The first-order chi connectivity index (χ1) is 12.2. The number of nitrogens with zero attached hydrogens (tertiary/aromatic N) is 3. The molecule has 1 fully saturated rings. The van der Waals surface area contributed by atoms with Crippen molar-refractivity contribution >= 4 is 16.9 Å². The van der Waals surface area contributed by atoms with Gasteiger partial charge in [-0.3, -0.25) is 14.3 Å². The highest BCUT2D eigenvalue weighted by Gasteiger charge is 2.16. The van der Waals surface area contributed by atoms with Gasteiger partial charge in [0.05, 0.1) is 16.8 Å². The molecule has 5 heteroatoms. The van der Waals surface area contributed by atoms with E-state index in [1.807, 2.05) is 18.2 Å². The number of carbonyl (C=O) groups excluding carboxylic acids is 1. The summed E-state index contributed by atoms with van der Waals surface area (Å²) in [6.07, 6.45) is 5.67. The second-order valence-electron chi connectivity index (χ2n) is 6.62. The van der Waals surface area contributed by atoms with Crippen LogP contribution in [0.4, 0.5) is 0 Å². The third-order valence-corrected chi connectivity index (χ3v) is 4.94. The predicted molar refractivity (Wildman–Crippen MR) is 98.7 cm³/mol. The van der Waals surface area contributed by atoms with Gasteiger partial charge in [0.25, 0.3) is 5.91 Å². The van der Waals surface area contributed by atoms with Gasteiger partial charge in [0.15, 0.2) is 0 Å². The van der Waals surface area contributed by atoms with Gasteiger partial charge in [-0.05, 0) is 49.7 Å². The van der Waals surface area contributed by atoms with Crippen LogP contribution < -0.4 is 5.73 Å². The second-order valence-corrected chi connectivity index (χ2v) is 6.62. The van der Waals surface area contributed by atoms with Crippen molar-refractivity contribution in [2.45, 2.75) is 25.8 Å². The van der Waals surface area contributed by atoms with Gasteiger partial charge in [-0.15, -0.1) is 0 Å². The number of hydrogen-bond donors (Lipinski definition) is 1. The lowest BCUT2D eigenvalue weighted by Crippen LogP contribution is -2.29. The summed E-state index contributed by atoms with van der Waals surface area (Å²) in [6.45, 7) is 3.25. The number of likely N-dealkylation sites (tertiary alicyclic amines) is 1. The number of rotatable bonds is 4. The maximum absolute atomic E-state index is 11.7. The minimum Gasteiger partial charge on any atom is -0.366 e. The Morgan fingerprint density at radius 3 is 2.64 bits per heavy atom. The van der Waals surface area contributed by atoms with Crippen molar-refractivity contribution in [1.29, 1.82) is 0 Å². The number of piperidine rings is 1. The lowest BCUT2D eigenvalue weighted by molar-refractivity contribution is 0.100. The van der Waals surface area contributed by atoms with E-state index >= 15 is 0 Å². The Morgan fingerprint density at radius 2 is 1.84 bits per heavy atom. The Labute approximate surface area is 147 Å². The lowest BCUT2D eigenvalue weighted by atomic mass is 10.1. The van der Waals surface area contributed by atoms with Crippen LogP contribution in [0.15, 0.2) is 48.8 Å². The number of imidazole rings is 1. The molecule has 4 rings (SSSR count). The number of hydrogen-bond acceptors (Lipinski definition) is 3. The number of benzene rings is 2. The lowest BCUT2D eigenvalue weighted by Gasteiger charge is -2.27. The molecule has 1 aliphatic rings. The quantitative estimate of drug-likeness (QED) is 0.797. The number of carbonyl (C=O) groups is 1. The van der Waals surface area contributed by atoms with Crippen LogP contribution >= 0.6 is 0 Å². The molecule has 1 aliphatic heterocycles. The molecule has 0 saturated carbocycles. The summed E-state index contributed by atoms with van der Waals surface area (Å²) in [5, 5.41) is 0. The number of aromatic nitrogens is 2. The molecular formula is C20H22N4O. The Bertz CT molecular complexity index is 909. The van der Waals surface area contributed by atoms with E-state index in [0.29, 0.717) is 11.1 Å². The fourth-order valence-electron chi connectivity index (χ4n) is 3.67. The highest BCUT2D eigenvalue weighted by atomic mass is 16.1. The second kappa shape index (κ2) is 6.69. The molecule has 1 saturated heterocycles. The van der Waals surface area contributed by atoms with Crippen molar-refractivity contribution in [3.8, 4) is 5.69 Å². The molecule has 0 atom stereocenters. The molecule has 0 radical (unpaired) electrons. The molecule has 2 aromatic carbocycles. The molecule has 5 nitrogen and oxygen atoms in total. The minimum absolute atomic E-state index is 0.447. The molecule has 0 spiro atoms. The SMILES string of the molecule is NC(=O)c1cccc2c1ncn2-c1ccccc1CN1CCCCC1. The van der Waals surface area contributed by atoms with Crippen LogP contribution in [0.1, 0.15) is 35.2 Å². The van der Waals surface area contributed by atoms with E-state index in [4.69, 9.17) is 5.73 Å². The van der Waals surface area contributed by atoms with Gasteiger partial charge in [-0.25, -0.2) is 4.98 Å². The smallest absolute Gasteiger partial charge is 0.250 e. The van der Waals surface area contributed by atoms with Crippen LogP contribution in [-0.2, 0) is 6.54 Å². The summed E-state index contributed by atoms with van der Waals surface area (Å²) >= 11 is 0. The maximum atomic E-state index is 11.7. The Balaban J connectivity index is 1.76. The fraction of sp³-hybridized carbons (Fsp3) is 0.300. The van der Waals surface area contributed by atoms with Crippen molar-refractivity contribution in [1.82, 2.24) is 14.5 Å². The number of para-hydroxylation sites is 2. The molecule has 25 heavy (non-hydrogen) atoms. The van der Waals surface area contributed by atoms with Gasteiger partial charge in [0, 0.05) is 6.54 Å². The maximum Gasteiger partial charge on any atom is 0.250 e. The summed E-state index contributed by atoms with van der Waals surface area (Å²) in [4.78, 5) is 18.6. The monoisotopic (exact) mass is 334 g/mol. The Kier molecular flexibility index (Phi) is 4.24. The zero-order valence-corrected chi connectivity index (χ0v) is 14.2. The van der Waals surface area contributed by atoms with E-state index in [1.165, 1.54) is 24.8 Å².